The average molecular weight is 300 g/mol. The molecule has 5 nitrogen and oxygen atoms in total. The number of urea groups is 1. The number of carboxylic acid groups (broad SMARTS) is 1. The molecule has 0 radical (unpaired) electrons. The lowest BCUT2D eigenvalue weighted by Crippen LogP contribution is -2.39. The number of hydrogen-bond donors (Lipinski definition) is 2. The second-order valence-corrected chi connectivity index (χ2v) is 5.19. The van der Waals surface area contributed by atoms with Gasteiger partial charge in [-0.25, -0.2) is 4.79 Å². The van der Waals surface area contributed by atoms with Gasteiger partial charge >= 0.3 is 12.0 Å². The molecule has 0 aliphatic rings. The van der Waals surface area contributed by atoms with Gasteiger partial charge in [-0.2, -0.15) is 0 Å². The smallest absolute Gasteiger partial charge is 0.317 e. The van der Waals surface area contributed by atoms with Crippen LogP contribution < -0.4 is 5.32 Å². The van der Waals surface area contributed by atoms with Crippen LogP contribution in [0.2, 0.25) is 0 Å². The molecule has 0 aromatic heterocycles. The second-order valence-electron chi connectivity index (χ2n) is 5.19. The van der Waals surface area contributed by atoms with Crippen molar-refractivity contribution in [2.45, 2.75) is 12.8 Å². The molecule has 2 N–H and O–H groups in total. The number of benzene rings is 2. The molecule has 116 valence electrons. The third-order valence-corrected chi connectivity index (χ3v) is 3.56. The first-order valence-corrected chi connectivity index (χ1v) is 7.25. The van der Waals surface area contributed by atoms with Gasteiger partial charge in [-0.05, 0) is 22.8 Å². The van der Waals surface area contributed by atoms with Gasteiger partial charge in [0.05, 0.1) is 6.42 Å². The van der Waals surface area contributed by atoms with Gasteiger partial charge < -0.3 is 15.3 Å². The maximum atomic E-state index is 11.8. The number of nitrogens with zero attached hydrogens (tertiary/aromatic N) is 1. The number of amides is 2. The van der Waals surface area contributed by atoms with Gasteiger partial charge in [-0.3, -0.25) is 4.79 Å². The van der Waals surface area contributed by atoms with Crippen LogP contribution in [-0.2, 0) is 11.2 Å². The first kappa shape index (κ1) is 15.8. The lowest BCUT2D eigenvalue weighted by molar-refractivity contribution is -0.136. The van der Waals surface area contributed by atoms with E-state index >= 15 is 0 Å². The summed E-state index contributed by atoms with van der Waals surface area (Å²) in [5.74, 6) is -0.918. The Morgan fingerprint density at radius 1 is 1.14 bits per heavy atom. The van der Waals surface area contributed by atoms with Gasteiger partial charge in [0.2, 0.25) is 0 Å². The van der Waals surface area contributed by atoms with E-state index in [9.17, 15) is 9.59 Å². The van der Waals surface area contributed by atoms with Gasteiger partial charge in [0.1, 0.15) is 0 Å². The summed E-state index contributed by atoms with van der Waals surface area (Å²) in [5.41, 5.74) is 1.20. The Labute approximate surface area is 129 Å². The SMILES string of the molecule is CN(CCc1cccc2ccccc12)C(=O)NCCC(=O)O. The van der Waals surface area contributed by atoms with Crippen LogP contribution in [0, 0.1) is 0 Å². The summed E-state index contributed by atoms with van der Waals surface area (Å²) >= 11 is 0. The van der Waals surface area contributed by atoms with Crippen molar-refractivity contribution in [2.75, 3.05) is 20.1 Å². The minimum Gasteiger partial charge on any atom is -0.481 e. The fraction of sp³-hybridized carbons (Fsp3) is 0.294. The molecule has 2 rings (SSSR count). The molecule has 2 aromatic rings. The highest BCUT2D eigenvalue weighted by Gasteiger charge is 2.09. The molecule has 0 saturated heterocycles. The molecule has 0 heterocycles. The summed E-state index contributed by atoms with van der Waals surface area (Å²) in [6.45, 7) is 0.722. The molecule has 0 saturated carbocycles. The largest absolute Gasteiger partial charge is 0.481 e. The van der Waals surface area contributed by atoms with E-state index in [-0.39, 0.29) is 19.0 Å². The average Bonchev–Trinajstić information content (AvgIpc) is 2.52. The minimum absolute atomic E-state index is 0.0666. The molecular weight excluding hydrogens is 280 g/mol. The number of aliphatic carboxylic acids is 1. The van der Waals surface area contributed by atoms with Crippen molar-refractivity contribution in [3.05, 3.63) is 48.0 Å². The molecule has 0 fully saturated rings. The van der Waals surface area contributed by atoms with Crippen LogP contribution in [-0.4, -0.2) is 42.1 Å². The van der Waals surface area contributed by atoms with E-state index in [0.717, 1.165) is 6.42 Å². The van der Waals surface area contributed by atoms with E-state index in [0.29, 0.717) is 6.54 Å². The highest BCUT2D eigenvalue weighted by molar-refractivity contribution is 5.85. The van der Waals surface area contributed by atoms with Gasteiger partial charge in [0, 0.05) is 20.1 Å². The molecule has 0 bridgehead atoms. The standard InChI is InChI=1S/C17H20N2O3/c1-19(17(22)18-11-9-16(20)21)12-10-14-7-4-6-13-5-2-3-8-15(13)14/h2-8H,9-12H2,1H3,(H,18,22)(H,20,21). The Balaban J connectivity index is 1.91. The van der Waals surface area contributed by atoms with Crippen LogP contribution in [0.4, 0.5) is 4.79 Å². The Bertz CT molecular complexity index is 665. The zero-order valence-electron chi connectivity index (χ0n) is 12.6. The van der Waals surface area contributed by atoms with E-state index < -0.39 is 5.97 Å². The summed E-state index contributed by atoms with van der Waals surface area (Å²) in [4.78, 5) is 23.8. The second kappa shape index (κ2) is 7.45. The van der Waals surface area contributed by atoms with E-state index in [1.807, 2.05) is 18.2 Å². The van der Waals surface area contributed by atoms with Crippen molar-refractivity contribution in [2.24, 2.45) is 0 Å². The fourth-order valence-electron chi connectivity index (χ4n) is 2.31. The molecule has 2 amide bonds. The van der Waals surface area contributed by atoms with Gasteiger partial charge in [-0.15, -0.1) is 0 Å². The predicted octanol–water partition coefficient (Wildman–Crippen LogP) is 2.50. The monoisotopic (exact) mass is 300 g/mol. The summed E-state index contributed by atoms with van der Waals surface area (Å²) in [5, 5.41) is 13.5. The molecule has 0 aliphatic heterocycles. The number of carboxylic acids is 1. The Hall–Kier alpha value is -2.56. The first-order chi connectivity index (χ1) is 10.6. The van der Waals surface area contributed by atoms with Crippen LogP contribution in [0.1, 0.15) is 12.0 Å². The Kier molecular flexibility index (Phi) is 5.36. The number of fused-ring (bicyclic) bond motifs is 1. The molecule has 5 heteroatoms. The van der Waals surface area contributed by atoms with Gasteiger partial charge in [0.15, 0.2) is 0 Å². The molecule has 0 aliphatic carbocycles. The van der Waals surface area contributed by atoms with Crippen molar-refractivity contribution in [3.8, 4) is 0 Å². The highest BCUT2D eigenvalue weighted by Crippen LogP contribution is 2.18. The molecule has 0 spiro atoms. The summed E-state index contributed by atoms with van der Waals surface area (Å²) < 4.78 is 0. The highest BCUT2D eigenvalue weighted by atomic mass is 16.4. The third kappa shape index (κ3) is 4.22. The maximum absolute atomic E-state index is 11.8. The zero-order chi connectivity index (χ0) is 15.9. The number of likely N-dealkylation sites (N-methyl/N-ethyl adjacent to an activating group) is 1. The fourth-order valence-corrected chi connectivity index (χ4v) is 2.31. The maximum Gasteiger partial charge on any atom is 0.317 e. The lowest BCUT2D eigenvalue weighted by atomic mass is 10.0. The quantitative estimate of drug-likeness (QED) is 0.861. The van der Waals surface area contributed by atoms with Crippen LogP contribution >= 0.6 is 0 Å². The number of carbonyl (C=O) groups is 2. The van der Waals surface area contributed by atoms with Crippen molar-refractivity contribution in [3.63, 3.8) is 0 Å². The number of nitrogens with one attached hydrogen (secondary N) is 1. The van der Waals surface area contributed by atoms with Crippen LogP contribution in [0.5, 0.6) is 0 Å². The molecule has 0 unspecified atom stereocenters. The minimum atomic E-state index is -0.918. The number of carbonyl (C=O) groups excluding carboxylic acids is 1. The zero-order valence-corrected chi connectivity index (χ0v) is 12.6. The number of hydrogen-bond acceptors (Lipinski definition) is 2. The molecular formula is C17H20N2O3. The van der Waals surface area contributed by atoms with Crippen LogP contribution in [0.15, 0.2) is 42.5 Å². The normalized spacial score (nSPS) is 10.4. The first-order valence-electron chi connectivity index (χ1n) is 7.25. The van der Waals surface area contributed by atoms with E-state index in [1.54, 1.807) is 11.9 Å². The molecule has 0 atom stereocenters. The predicted molar refractivity (Wildman–Crippen MR) is 85.9 cm³/mol. The summed E-state index contributed by atoms with van der Waals surface area (Å²) in [6.07, 6.45) is 0.688. The Morgan fingerprint density at radius 2 is 1.86 bits per heavy atom. The van der Waals surface area contributed by atoms with Crippen LogP contribution in [0.25, 0.3) is 10.8 Å². The van der Waals surface area contributed by atoms with Crippen molar-refractivity contribution in [1.29, 1.82) is 0 Å². The summed E-state index contributed by atoms with van der Waals surface area (Å²) in [7, 11) is 1.71. The van der Waals surface area contributed by atoms with E-state index in [4.69, 9.17) is 5.11 Å². The van der Waals surface area contributed by atoms with E-state index in [1.165, 1.54) is 16.3 Å². The molecule has 2 aromatic carbocycles. The Morgan fingerprint density at radius 3 is 2.64 bits per heavy atom. The van der Waals surface area contributed by atoms with Crippen molar-refractivity contribution < 1.29 is 14.7 Å². The van der Waals surface area contributed by atoms with Gasteiger partial charge in [0.25, 0.3) is 0 Å². The lowest BCUT2D eigenvalue weighted by Gasteiger charge is -2.18. The summed E-state index contributed by atoms with van der Waals surface area (Å²) in [6, 6.07) is 14.1. The van der Waals surface area contributed by atoms with Crippen LogP contribution in [0.3, 0.4) is 0 Å². The van der Waals surface area contributed by atoms with Crippen molar-refractivity contribution in [1.82, 2.24) is 10.2 Å². The van der Waals surface area contributed by atoms with E-state index in [2.05, 4.69) is 29.6 Å². The van der Waals surface area contributed by atoms with Gasteiger partial charge in [-0.1, -0.05) is 42.5 Å². The third-order valence-electron chi connectivity index (χ3n) is 3.56. The topological polar surface area (TPSA) is 69.6 Å². The van der Waals surface area contributed by atoms with Crippen molar-refractivity contribution >= 4 is 22.8 Å². The molecule has 22 heavy (non-hydrogen) atoms. The number of rotatable bonds is 6.